The number of methoxy groups -OCH3 is 1. The third-order valence-corrected chi connectivity index (χ3v) is 2.95. The zero-order valence-electron chi connectivity index (χ0n) is 12.1. The normalized spacial score (nSPS) is 10.0. The van der Waals surface area contributed by atoms with Gasteiger partial charge in [-0.25, -0.2) is 4.98 Å². The van der Waals surface area contributed by atoms with Crippen LogP contribution >= 0.6 is 0 Å². The molecule has 0 saturated heterocycles. The molecule has 1 amide bonds. The van der Waals surface area contributed by atoms with E-state index in [2.05, 4.69) is 20.6 Å². The topological polar surface area (TPSA) is 76.1 Å². The van der Waals surface area contributed by atoms with Gasteiger partial charge in [-0.2, -0.15) is 0 Å². The van der Waals surface area contributed by atoms with Gasteiger partial charge in [0.1, 0.15) is 0 Å². The summed E-state index contributed by atoms with van der Waals surface area (Å²) < 4.78 is 4.99. The molecule has 0 aliphatic heterocycles. The van der Waals surface area contributed by atoms with Crippen LogP contribution < -0.4 is 15.4 Å². The highest BCUT2D eigenvalue weighted by atomic mass is 16.5. The summed E-state index contributed by atoms with van der Waals surface area (Å²) in [7, 11) is 1.52. The predicted octanol–water partition coefficient (Wildman–Crippen LogP) is 1.64. The van der Waals surface area contributed by atoms with Crippen LogP contribution in [0.5, 0.6) is 5.88 Å². The van der Waals surface area contributed by atoms with Crippen molar-refractivity contribution in [3.8, 4) is 5.88 Å². The number of rotatable bonds is 6. The van der Waals surface area contributed by atoms with E-state index < -0.39 is 0 Å². The number of anilines is 1. The third kappa shape index (κ3) is 4.17. The zero-order chi connectivity index (χ0) is 15.1. The lowest BCUT2D eigenvalue weighted by atomic mass is 10.2. The highest BCUT2D eigenvalue weighted by Crippen LogP contribution is 2.10. The number of pyridine rings is 2. The summed E-state index contributed by atoms with van der Waals surface area (Å²) in [4.78, 5) is 20.0. The summed E-state index contributed by atoms with van der Waals surface area (Å²) in [6.07, 6.45) is 5.08. The smallest absolute Gasteiger partial charge is 0.251 e. The molecule has 2 heterocycles. The number of nitrogens with one attached hydrogen (secondary N) is 2. The van der Waals surface area contributed by atoms with Crippen LogP contribution in [0.1, 0.15) is 15.9 Å². The molecule has 0 aromatic carbocycles. The molecule has 0 fully saturated rings. The molecule has 0 saturated carbocycles. The van der Waals surface area contributed by atoms with Crippen molar-refractivity contribution in [2.24, 2.45) is 0 Å². The molecule has 21 heavy (non-hydrogen) atoms. The average Bonchev–Trinajstić information content (AvgIpc) is 2.53. The summed E-state index contributed by atoms with van der Waals surface area (Å²) in [5, 5.41) is 6.09. The Morgan fingerprint density at radius 1 is 1.29 bits per heavy atom. The maximum Gasteiger partial charge on any atom is 0.251 e. The Bertz CT molecular complexity index is 616. The predicted molar refractivity (Wildman–Crippen MR) is 80.6 cm³/mol. The molecule has 0 aliphatic rings. The average molecular weight is 286 g/mol. The molecule has 110 valence electrons. The first-order chi connectivity index (χ1) is 10.2. The first-order valence-corrected chi connectivity index (χ1v) is 6.63. The van der Waals surface area contributed by atoms with Crippen molar-refractivity contribution in [1.82, 2.24) is 15.3 Å². The third-order valence-electron chi connectivity index (χ3n) is 2.95. The van der Waals surface area contributed by atoms with Crippen molar-refractivity contribution in [2.45, 2.75) is 6.92 Å². The lowest BCUT2D eigenvalue weighted by molar-refractivity contribution is 0.0954. The maximum absolute atomic E-state index is 12.0. The van der Waals surface area contributed by atoms with E-state index in [1.54, 1.807) is 30.7 Å². The molecule has 2 aromatic rings. The summed E-state index contributed by atoms with van der Waals surface area (Å²) in [6.45, 7) is 3.14. The van der Waals surface area contributed by atoms with Gasteiger partial charge in [-0.05, 0) is 24.6 Å². The number of nitrogens with zero attached hydrogens (tertiary/aromatic N) is 2. The van der Waals surface area contributed by atoms with Crippen molar-refractivity contribution in [3.05, 3.63) is 47.9 Å². The van der Waals surface area contributed by atoms with Crippen LogP contribution in [0.15, 0.2) is 36.8 Å². The van der Waals surface area contributed by atoms with Crippen molar-refractivity contribution in [1.29, 1.82) is 0 Å². The fourth-order valence-electron chi connectivity index (χ4n) is 1.81. The van der Waals surface area contributed by atoms with E-state index in [1.807, 2.05) is 13.0 Å². The Balaban J connectivity index is 1.80. The Hall–Kier alpha value is -2.63. The molecule has 6 nitrogen and oxygen atoms in total. The molecule has 0 radical (unpaired) electrons. The van der Waals surface area contributed by atoms with Crippen LogP contribution in [-0.4, -0.2) is 36.1 Å². The minimum absolute atomic E-state index is 0.149. The van der Waals surface area contributed by atoms with Gasteiger partial charge in [0.25, 0.3) is 5.91 Å². The lowest BCUT2D eigenvalue weighted by Gasteiger charge is -2.10. The molecular weight excluding hydrogens is 268 g/mol. The van der Waals surface area contributed by atoms with E-state index >= 15 is 0 Å². The van der Waals surface area contributed by atoms with Gasteiger partial charge in [0, 0.05) is 49.0 Å². The number of amides is 1. The number of hydrogen-bond donors (Lipinski definition) is 2. The monoisotopic (exact) mass is 286 g/mol. The molecule has 0 bridgehead atoms. The summed E-state index contributed by atoms with van der Waals surface area (Å²) >= 11 is 0. The lowest BCUT2D eigenvalue weighted by Crippen LogP contribution is -2.28. The molecule has 0 aliphatic carbocycles. The highest BCUT2D eigenvalue weighted by Gasteiger charge is 2.06. The zero-order valence-corrected chi connectivity index (χ0v) is 12.1. The van der Waals surface area contributed by atoms with Crippen molar-refractivity contribution in [2.75, 3.05) is 25.5 Å². The summed E-state index contributed by atoms with van der Waals surface area (Å²) in [6, 6.07) is 5.17. The van der Waals surface area contributed by atoms with Gasteiger partial charge >= 0.3 is 0 Å². The second-order valence-corrected chi connectivity index (χ2v) is 4.46. The van der Waals surface area contributed by atoms with E-state index in [1.165, 1.54) is 7.11 Å². The van der Waals surface area contributed by atoms with Gasteiger partial charge in [0.05, 0.1) is 7.11 Å². The quantitative estimate of drug-likeness (QED) is 0.789. The molecule has 0 atom stereocenters. The van der Waals surface area contributed by atoms with Gasteiger partial charge in [0.2, 0.25) is 5.88 Å². The Kier molecular flexibility index (Phi) is 5.09. The second kappa shape index (κ2) is 7.23. The van der Waals surface area contributed by atoms with Gasteiger partial charge in [-0.1, -0.05) is 0 Å². The largest absolute Gasteiger partial charge is 0.481 e. The van der Waals surface area contributed by atoms with Gasteiger partial charge < -0.3 is 15.4 Å². The number of carbonyl (C=O) groups is 1. The molecule has 2 N–H and O–H groups in total. The van der Waals surface area contributed by atoms with Crippen LogP contribution in [0, 0.1) is 6.92 Å². The Labute approximate surface area is 123 Å². The minimum Gasteiger partial charge on any atom is -0.481 e. The summed E-state index contributed by atoms with van der Waals surface area (Å²) in [5.41, 5.74) is 2.62. The van der Waals surface area contributed by atoms with Crippen molar-refractivity contribution in [3.63, 3.8) is 0 Å². The van der Waals surface area contributed by atoms with Gasteiger partial charge in [0.15, 0.2) is 0 Å². The van der Waals surface area contributed by atoms with E-state index in [-0.39, 0.29) is 5.91 Å². The van der Waals surface area contributed by atoms with E-state index in [9.17, 15) is 4.79 Å². The fraction of sp³-hybridized carbons (Fsp3) is 0.267. The summed E-state index contributed by atoms with van der Waals surface area (Å²) in [5.74, 6) is 0.275. The van der Waals surface area contributed by atoms with Gasteiger partial charge in [-0.15, -0.1) is 0 Å². The molecule has 0 unspecified atom stereocenters. The SMILES string of the molecule is COc1cc(C(=O)NCCNc2ccncc2C)ccn1. The standard InChI is InChI=1S/C15H18N4O2/c1-11-10-16-5-4-13(11)17-7-8-19-15(20)12-3-6-18-14(9-12)21-2/h3-6,9-10H,7-8H2,1-2H3,(H,16,17)(H,19,20). The number of hydrogen-bond acceptors (Lipinski definition) is 5. The number of aromatic nitrogens is 2. The first-order valence-electron chi connectivity index (χ1n) is 6.63. The van der Waals surface area contributed by atoms with Crippen LogP contribution in [0.25, 0.3) is 0 Å². The first kappa shape index (κ1) is 14.8. The van der Waals surface area contributed by atoms with E-state index in [0.717, 1.165) is 11.3 Å². The van der Waals surface area contributed by atoms with Crippen molar-refractivity contribution >= 4 is 11.6 Å². The van der Waals surface area contributed by atoms with E-state index in [0.29, 0.717) is 24.5 Å². The number of aryl methyl sites for hydroxylation is 1. The minimum atomic E-state index is -0.149. The van der Waals surface area contributed by atoms with E-state index in [4.69, 9.17) is 4.74 Å². The second-order valence-electron chi connectivity index (χ2n) is 4.46. The van der Waals surface area contributed by atoms with Crippen LogP contribution in [0.2, 0.25) is 0 Å². The molecule has 2 aromatic heterocycles. The van der Waals surface area contributed by atoms with Crippen molar-refractivity contribution < 1.29 is 9.53 Å². The van der Waals surface area contributed by atoms with Gasteiger partial charge in [-0.3, -0.25) is 9.78 Å². The number of ether oxygens (including phenoxy) is 1. The molecule has 0 spiro atoms. The molecule has 2 rings (SSSR count). The molecule has 6 heteroatoms. The maximum atomic E-state index is 12.0. The van der Waals surface area contributed by atoms with Crippen LogP contribution in [0.4, 0.5) is 5.69 Å². The fourth-order valence-corrected chi connectivity index (χ4v) is 1.81. The number of carbonyl (C=O) groups excluding carboxylic acids is 1. The van der Waals surface area contributed by atoms with Crippen LogP contribution in [0.3, 0.4) is 0 Å². The molecular formula is C15H18N4O2. The Morgan fingerprint density at radius 3 is 2.90 bits per heavy atom. The highest BCUT2D eigenvalue weighted by molar-refractivity contribution is 5.94. The Morgan fingerprint density at radius 2 is 2.14 bits per heavy atom. The van der Waals surface area contributed by atoms with Crippen LogP contribution in [-0.2, 0) is 0 Å².